The van der Waals surface area contributed by atoms with Crippen molar-refractivity contribution in [2.45, 2.75) is 13.0 Å². The Hall–Kier alpha value is -0.680. The summed E-state index contributed by atoms with van der Waals surface area (Å²) < 4.78 is 4.98. The first-order valence-electron chi connectivity index (χ1n) is 4.19. The summed E-state index contributed by atoms with van der Waals surface area (Å²) in [4.78, 5) is 2.27. The van der Waals surface area contributed by atoms with Crippen LogP contribution in [0.4, 0.5) is 0 Å². The number of thioether (sulfide) groups is 1. The Morgan fingerprint density at radius 3 is 3.31 bits per heavy atom. The van der Waals surface area contributed by atoms with E-state index in [1.165, 1.54) is 0 Å². The Bertz CT molecular complexity index is 300. The molecule has 0 amide bonds. The van der Waals surface area contributed by atoms with Gasteiger partial charge in [-0.05, 0) is 11.4 Å². The van der Waals surface area contributed by atoms with Crippen LogP contribution in [0.25, 0.3) is 0 Å². The van der Waals surface area contributed by atoms with E-state index in [4.69, 9.17) is 4.52 Å². The van der Waals surface area contributed by atoms with Crippen molar-refractivity contribution >= 4 is 11.8 Å². The van der Waals surface area contributed by atoms with Crippen molar-refractivity contribution in [3.05, 3.63) is 11.3 Å². The zero-order chi connectivity index (χ0) is 9.26. The van der Waals surface area contributed by atoms with E-state index in [1.54, 1.807) is 11.8 Å². The number of fused-ring (bicyclic) bond motifs is 1. The molecule has 72 valence electrons. The van der Waals surface area contributed by atoms with Gasteiger partial charge in [-0.15, -0.1) is 11.8 Å². The van der Waals surface area contributed by atoms with Gasteiger partial charge in [-0.3, -0.25) is 4.90 Å². The van der Waals surface area contributed by atoms with Crippen LogP contribution in [0.3, 0.4) is 0 Å². The molecule has 0 fully saturated rings. The van der Waals surface area contributed by atoms with E-state index in [9.17, 15) is 5.11 Å². The Morgan fingerprint density at radius 2 is 2.54 bits per heavy atom. The zero-order valence-corrected chi connectivity index (χ0v) is 8.30. The van der Waals surface area contributed by atoms with E-state index in [2.05, 4.69) is 16.3 Å². The molecule has 0 bridgehead atoms. The monoisotopic (exact) mass is 200 g/mol. The molecule has 0 unspecified atom stereocenters. The largest absolute Gasteiger partial charge is 0.491 e. The van der Waals surface area contributed by atoms with Gasteiger partial charge in [0.15, 0.2) is 0 Å². The molecule has 1 aromatic rings. The molecule has 2 heterocycles. The first-order chi connectivity index (χ1) is 6.31. The van der Waals surface area contributed by atoms with Crippen LogP contribution in [0, 0.1) is 0 Å². The lowest BCUT2D eigenvalue weighted by molar-refractivity contribution is 0.272. The second-order valence-electron chi connectivity index (χ2n) is 3.13. The number of hydrogen-bond acceptors (Lipinski definition) is 5. The van der Waals surface area contributed by atoms with E-state index in [1.807, 2.05) is 0 Å². The Balaban J connectivity index is 2.13. The Kier molecular flexibility index (Phi) is 2.46. The summed E-state index contributed by atoms with van der Waals surface area (Å²) in [6.45, 7) is 1.74. The fourth-order valence-electron chi connectivity index (χ4n) is 1.54. The highest BCUT2D eigenvalue weighted by atomic mass is 32.2. The maximum atomic E-state index is 9.34. The molecule has 5 heteroatoms. The summed E-state index contributed by atoms with van der Waals surface area (Å²) in [5.41, 5.74) is 0.861. The Morgan fingerprint density at radius 1 is 1.69 bits per heavy atom. The number of aromatic hydroxyl groups is 1. The van der Waals surface area contributed by atoms with Crippen LogP contribution in [0.2, 0.25) is 0 Å². The molecule has 2 rings (SSSR count). The first kappa shape index (κ1) is 8.90. The molecule has 13 heavy (non-hydrogen) atoms. The molecule has 0 aromatic carbocycles. The first-order valence-corrected chi connectivity index (χ1v) is 5.58. The normalized spacial score (nSPS) is 17.3. The SMILES string of the molecule is CSCN1CCc2onc(O)c2C1. The quantitative estimate of drug-likeness (QED) is 0.773. The molecule has 0 aliphatic carbocycles. The standard InChI is InChI=1S/C8H12N2O2S/c1-13-5-10-3-2-7-6(4-10)8(11)9-12-7/h2-5H2,1H3,(H,9,11). The van der Waals surface area contributed by atoms with Gasteiger partial charge in [-0.1, -0.05) is 0 Å². The van der Waals surface area contributed by atoms with Crippen LogP contribution in [-0.2, 0) is 13.0 Å². The molecular formula is C8H12N2O2S. The summed E-state index contributed by atoms with van der Waals surface area (Å²) in [5, 5.41) is 12.9. The van der Waals surface area contributed by atoms with Crippen LogP contribution in [0.5, 0.6) is 5.88 Å². The maximum absolute atomic E-state index is 9.34. The minimum absolute atomic E-state index is 0.0563. The van der Waals surface area contributed by atoms with E-state index in [0.29, 0.717) is 0 Å². The third kappa shape index (κ3) is 1.66. The lowest BCUT2D eigenvalue weighted by Gasteiger charge is -2.24. The molecule has 0 atom stereocenters. The summed E-state index contributed by atoms with van der Waals surface area (Å²) >= 11 is 1.78. The highest BCUT2D eigenvalue weighted by Gasteiger charge is 2.23. The highest BCUT2D eigenvalue weighted by molar-refractivity contribution is 7.98. The average molecular weight is 200 g/mol. The van der Waals surface area contributed by atoms with E-state index < -0.39 is 0 Å². The molecule has 0 saturated carbocycles. The second kappa shape index (κ2) is 3.59. The van der Waals surface area contributed by atoms with Crippen molar-refractivity contribution in [3.63, 3.8) is 0 Å². The number of aromatic nitrogens is 1. The summed E-state index contributed by atoms with van der Waals surface area (Å²) in [6, 6.07) is 0. The minimum atomic E-state index is 0.0563. The molecule has 1 aliphatic heterocycles. The van der Waals surface area contributed by atoms with Gasteiger partial charge in [0.1, 0.15) is 5.76 Å². The highest BCUT2D eigenvalue weighted by Crippen LogP contribution is 2.26. The fraction of sp³-hybridized carbons (Fsp3) is 0.625. The zero-order valence-electron chi connectivity index (χ0n) is 7.49. The van der Waals surface area contributed by atoms with Crippen molar-refractivity contribution in [1.29, 1.82) is 0 Å². The minimum Gasteiger partial charge on any atom is -0.491 e. The number of rotatable bonds is 2. The molecule has 1 aromatic heterocycles. The third-order valence-corrected chi connectivity index (χ3v) is 2.82. The van der Waals surface area contributed by atoms with Crippen LogP contribution < -0.4 is 0 Å². The summed E-state index contributed by atoms with van der Waals surface area (Å²) in [6.07, 6.45) is 2.92. The van der Waals surface area contributed by atoms with Crippen molar-refractivity contribution in [2.24, 2.45) is 0 Å². The second-order valence-corrected chi connectivity index (χ2v) is 3.96. The molecule has 4 nitrogen and oxygen atoms in total. The van der Waals surface area contributed by atoms with Crippen molar-refractivity contribution in [2.75, 3.05) is 18.7 Å². The van der Waals surface area contributed by atoms with Gasteiger partial charge in [0.2, 0.25) is 0 Å². The van der Waals surface area contributed by atoms with E-state index >= 15 is 0 Å². The van der Waals surface area contributed by atoms with Crippen LogP contribution in [0.15, 0.2) is 4.52 Å². The third-order valence-electron chi connectivity index (χ3n) is 2.20. The van der Waals surface area contributed by atoms with Crippen LogP contribution in [0.1, 0.15) is 11.3 Å². The number of hydrogen-bond donors (Lipinski definition) is 1. The van der Waals surface area contributed by atoms with E-state index in [0.717, 1.165) is 36.7 Å². The van der Waals surface area contributed by atoms with Crippen molar-refractivity contribution in [1.82, 2.24) is 10.1 Å². The average Bonchev–Trinajstić information content (AvgIpc) is 2.49. The van der Waals surface area contributed by atoms with Crippen LogP contribution in [-0.4, -0.2) is 33.8 Å². The summed E-state index contributed by atoms with van der Waals surface area (Å²) in [7, 11) is 0. The van der Waals surface area contributed by atoms with Gasteiger partial charge in [0.25, 0.3) is 5.88 Å². The van der Waals surface area contributed by atoms with Gasteiger partial charge in [0, 0.05) is 25.4 Å². The van der Waals surface area contributed by atoms with E-state index in [-0.39, 0.29) is 5.88 Å². The maximum Gasteiger partial charge on any atom is 0.256 e. The van der Waals surface area contributed by atoms with Gasteiger partial charge >= 0.3 is 0 Å². The lowest BCUT2D eigenvalue weighted by Crippen LogP contribution is -2.29. The molecule has 0 spiro atoms. The smallest absolute Gasteiger partial charge is 0.256 e. The van der Waals surface area contributed by atoms with Crippen molar-refractivity contribution in [3.8, 4) is 5.88 Å². The summed E-state index contributed by atoms with van der Waals surface area (Å²) in [5.74, 6) is 1.89. The molecular weight excluding hydrogens is 188 g/mol. The predicted octanol–water partition coefficient (Wildman–Crippen LogP) is 1.06. The van der Waals surface area contributed by atoms with Gasteiger partial charge < -0.3 is 9.63 Å². The predicted molar refractivity (Wildman–Crippen MR) is 50.7 cm³/mol. The van der Waals surface area contributed by atoms with Crippen molar-refractivity contribution < 1.29 is 9.63 Å². The topological polar surface area (TPSA) is 49.5 Å². The molecule has 0 radical (unpaired) electrons. The number of nitrogens with zero attached hydrogens (tertiary/aromatic N) is 2. The molecule has 0 saturated heterocycles. The van der Waals surface area contributed by atoms with Gasteiger partial charge in [0.05, 0.1) is 5.56 Å². The fourth-order valence-corrected chi connectivity index (χ4v) is 2.13. The Labute approximate surface area is 80.9 Å². The van der Waals surface area contributed by atoms with Gasteiger partial charge in [-0.25, -0.2) is 0 Å². The lowest BCUT2D eigenvalue weighted by atomic mass is 10.1. The van der Waals surface area contributed by atoms with Crippen LogP contribution >= 0.6 is 11.8 Å². The van der Waals surface area contributed by atoms with Gasteiger partial charge in [-0.2, -0.15) is 0 Å². The molecule has 1 N–H and O–H groups in total. The molecule has 1 aliphatic rings.